The van der Waals surface area contributed by atoms with Gasteiger partial charge in [-0.2, -0.15) is 13.2 Å². The SMILES string of the molecule is CC(CC(F)(F)F)NCC1CC2CCCCC2N1. The highest BCUT2D eigenvalue weighted by Crippen LogP contribution is 2.33. The first kappa shape index (κ1) is 14.1. The molecular formula is C13H23F3N2. The molecule has 1 aliphatic heterocycles. The van der Waals surface area contributed by atoms with Gasteiger partial charge in [0.25, 0.3) is 0 Å². The fourth-order valence-electron chi connectivity index (χ4n) is 3.35. The minimum absolute atomic E-state index is 0.355. The third-order valence-corrected chi connectivity index (χ3v) is 4.20. The highest BCUT2D eigenvalue weighted by molar-refractivity contribution is 4.93. The van der Waals surface area contributed by atoms with E-state index in [-0.39, 0.29) is 0 Å². The quantitative estimate of drug-likeness (QED) is 0.816. The van der Waals surface area contributed by atoms with Crippen molar-refractivity contribution in [3.63, 3.8) is 0 Å². The molecule has 2 fully saturated rings. The van der Waals surface area contributed by atoms with Gasteiger partial charge in [-0.15, -0.1) is 0 Å². The van der Waals surface area contributed by atoms with E-state index >= 15 is 0 Å². The number of alkyl halides is 3. The number of halogens is 3. The summed E-state index contributed by atoms with van der Waals surface area (Å²) in [6, 6.07) is 0.478. The monoisotopic (exact) mass is 264 g/mol. The standard InChI is InChI=1S/C13H23F3N2/c1-9(7-13(14,15)16)17-8-11-6-10-4-2-3-5-12(10)18-11/h9-12,17-18H,2-8H2,1H3. The van der Waals surface area contributed by atoms with Crippen molar-refractivity contribution in [2.24, 2.45) is 5.92 Å². The lowest BCUT2D eigenvalue weighted by atomic mass is 9.85. The fourth-order valence-corrected chi connectivity index (χ4v) is 3.35. The first-order valence-corrected chi connectivity index (χ1v) is 7.00. The van der Waals surface area contributed by atoms with Crippen LogP contribution in [0.25, 0.3) is 0 Å². The Kier molecular flexibility index (Phi) is 4.54. The topological polar surface area (TPSA) is 24.1 Å². The second kappa shape index (κ2) is 5.78. The largest absolute Gasteiger partial charge is 0.390 e. The molecular weight excluding hydrogens is 241 g/mol. The smallest absolute Gasteiger partial charge is 0.312 e. The molecule has 2 nitrogen and oxygen atoms in total. The summed E-state index contributed by atoms with van der Waals surface area (Å²) in [6.45, 7) is 2.26. The number of rotatable bonds is 4. The van der Waals surface area contributed by atoms with Gasteiger partial charge in [0.1, 0.15) is 0 Å². The lowest BCUT2D eigenvalue weighted by Gasteiger charge is -2.24. The fraction of sp³-hybridized carbons (Fsp3) is 1.00. The van der Waals surface area contributed by atoms with Gasteiger partial charge < -0.3 is 10.6 Å². The van der Waals surface area contributed by atoms with E-state index in [9.17, 15) is 13.2 Å². The molecule has 0 aromatic rings. The summed E-state index contributed by atoms with van der Waals surface area (Å²) >= 11 is 0. The van der Waals surface area contributed by atoms with Crippen LogP contribution in [0.1, 0.15) is 45.4 Å². The molecule has 2 aliphatic rings. The van der Waals surface area contributed by atoms with Crippen LogP contribution in [-0.4, -0.2) is 30.8 Å². The predicted molar refractivity (Wildman–Crippen MR) is 65.4 cm³/mol. The van der Waals surface area contributed by atoms with Crippen LogP contribution in [0, 0.1) is 5.92 Å². The second-order valence-corrected chi connectivity index (χ2v) is 5.88. The Morgan fingerprint density at radius 1 is 1.28 bits per heavy atom. The van der Waals surface area contributed by atoms with Crippen molar-refractivity contribution in [3.8, 4) is 0 Å². The molecule has 18 heavy (non-hydrogen) atoms. The molecule has 1 heterocycles. The van der Waals surface area contributed by atoms with Gasteiger partial charge in [0.05, 0.1) is 6.42 Å². The third-order valence-electron chi connectivity index (χ3n) is 4.20. The molecule has 5 heteroatoms. The molecule has 0 aromatic carbocycles. The molecule has 0 spiro atoms. The van der Waals surface area contributed by atoms with E-state index in [1.807, 2.05) is 0 Å². The zero-order valence-electron chi connectivity index (χ0n) is 10.9. The summed E-state index contributed by atoms with van der Waals surface area (Å²) in [4.78, 5) is 0. The summed E-state index contributed by atoms with van der Waals surface area (Å²) in [5, 5.41) is 6.58. The molecule has 4 atom stereocenters. The van der Waals surface area contributed by atoms with Crippen LogP contribution >= 0.6 is 0 Å². The van der Waals surface area contributed by atoms with Crippen molar-refractivity contribution < 1.29 is 13.2 Å². The Morgan fingerprint density at radius 2 is 2.00 bits per heavy atom. The zero-order chi connectivity index (χ0) is 13.2. The summed E-state index contributed by atoms with van der Waals surface area (Å²) in [7, 11) is 0. The molecule has 0 amide bonds. The summed E-state index contributed by atoms with van der Waals surface area (Å²) in [5.74, 6) is 0.753. The summed E-state index contributed by atoms with van der Waals surface area (Å²) < 4.78 is 36.6. The van der Waals surface area contributed by atoms with Crippen molar-refractivity contribution >= 4 is 0 Å². The van der Waals surface area contributed by atoms with E-state index in [4.69, 9.17) is 0 Å². The van der Waals surface area contributed by atoms with Gasteiger partial charge in [0, 0.05) is 24.7 Å². The normalized spacial score (nSPS) is 34.3. The molecule has 0 aromatic heterocycles. The van der Waals surface area contributed by atoms with Crippen LogP contribution < -0.4 is 10.6 Å². The maximum atomic E-state index is 12.2. The number of fused-ring (bicyclic) bond motifs is 1. The van der Waals surface area contributed by atoms with Crippen LogP contribution in [0.15, 0.2) is 0 Å². The minimum atomic E-state index is -4.07. The van der Waals surface area contributed by atoms with Gasteiger partial charge in [0.15, 0.2) is 0 Å². The van der Waals surface area contributed by atoms with Crippen LogP contribution in [0.5, 0.6) is 0 Å². The second-order valence-electron chi connectivity index (χ2n) is 5.88. The van der Waals surface area contributed by atoms with Crippen molar-refractivity contribution in [1.82, 2.24) is 10.6 Å². The van der Waals surface area contributed by atoms with E-state index < -0.39 is 18.6 Å². The van der Waals surface area contributed by atoms with Crippen molar-refractivity contribution in [2.75, 3.05) is 6.54 Å². The minimum Gasteiger partial charge on any atom is -0.312 e. The average Bonchev–Trinajstić information content (AvgIpc) is 2.66. The Bertz CT molecular complexity index is 253. The molecule has 1 saturated carbocycles. The van der Waals surface area contributed by atoms with E-state index in [2.05, 4.69) is 10.6 Å². The number of hydrogen-bond acceptors (Lipinski definition) is 2. The average molecular weight is 264 g/mol. The van der Waals surface area contributed by atoms with Crippen molar-refractivity contribution in [1.29, 1.82) is 0 Å². The number of hydrogen-bond donors (Lipinski definition) is 2. The molecule has 2 rings (SSSR count). The highest BCUT2D eigenvalue weighted by atomic mass is 19.4. The first-order chi connectivity index (χ1) is 8.44. The lowest BCUT2D eigenvalue weighted by molar-refractivity contribution is -0.139. The Hall–Kier alpha value is -0.290. The van der Waals surface area contributed by atoms with E-state index in [1.165, 1.54) is 25.7 Å². The maximum Gasteiger partial charge on any atom is 0.390 e. The van der Waals surface area contributed by atoms with Gasteiger partial charge in [-0.3, -0.25) is 0 Å². The van der Waals surface area contributed by atoms with Gasteiger partial charge in [-0.1, -0.05) is 12.8 Å². The number of nitrogens with one attached hydrogen (secondary N) is 2. The molecule has 2 N–H and O–H groups in total. The van der Waals surface area contributed by atoms with Crippen molar-refractivity contribution in [3.05, 3.63) is 0 Å². The molecule has 0 radical (unpaired) electrons. The van der Waals surface area contributed by atoms with Gasteiger partial charge in [0.2, 0.25) is 0 Å². The van der Waals surface area contributed by atoms with E-state index in [0.717, 1.165) is 12.3 Å². The van der Waals surface area contributed by atoms with Gasteiger partial charge >= 0.3 is 6.18 Å². The Morgan fingerprint density at radius 3 is 2.67 bits per heavy atom. The molecule has 4 unspecified atom stereocenters. The predicted octanol–water partition coefficient (Wildman–Crippen LogP) is 2.84. The first-order valence-electron chi connectivity index (χ1n) is 7.00. The Balaban J connectivity index is 1.68. The van der Waals surface area contributed by atoms with E-state index in [1.54, 1.807) is 6.92 Å². The van der Waals surface area contributed by atoms with Crippen LogP contribution in [-0.2, 0) is 0 Å². The lowest BCUT2D eigenvalue weighted by Crippen LogP contribution is -2.42. The van der Waals surface area contributed by atoms with Crippen molar-refractivity contribution in [2.45, 2.75) is 69.8 Å². The zero-order valence-corrected chi connectivity index (χ0v) is 10.9. The molecule has 106 valence electrons. The summed E-state index contributed by atoms with van der Waals surface area (Å²) in [5.41, 5.74) is 0. The molecule has 1 saturated heterocycles. The third kappa shape index (κ3) is 4.12. The van der Waals surface area contributed by atoms with Crippen LogP contribution in [0.2, 0.25) is 0 Å². The highest BCUT2D eigenvalue weighted by Gasteiger charge is 2.35. The molecule has 0 bridgehead atoms. The van der Waals surface area contributed by atoms with Crippen LogP contribution in [0.4, 0.5) is 13.2 Å². The van der Waals surface area contributed by atoms with Gasteiger partial charge in [-0.25, -0.2) is 0 Å². The van der Waals surface area contributed by atoms with Gasteiger partial charge in [-0.05, 0) is 32.1 Å². The van der Waals surface area contributed by atoms with E-state index in [0.29, 0.717) is 18.6 Å². The van der Waals surface area contributed by atoms with Crippen LogP contribution in [0.3, 0.4) is 0 Å². The molecule has 1 aliphatic carbocycles. The Labute approximate surface area is 107 Å². The maximum absolute atomic E-state index is 12.2. The summed E-state index contributed by atoms with van der Waals surface area (Å²) in [6.07, 6.45) is 1.43.